The van der Waals surface area contributed by atoms with Crippen LogP contribution in [0.5, 0.6) is 0 Å². The first-order chi connectivity index (χ1) is 6.58. The maximum Gasteiger partial charge on any atom is 0.123 e. The van der Waals surface area contributed by atoms with E-state index in [1.54, 1.807) is 6.07 Å². The minimum absolute atomic E-state index is 0.216. The van der Waals surface area contributed by atoms with Crippen molar-refractivity contribution in [2.24, 2.45) is 5.73 Å². The summed E-state index contributed by atoms with van der Waals surface area (Å²) >= 11 is 4.78. The highest BCUT2D eigenvalue weighted by Gasteiger charge is 2.01. The van der Waals surface area contributed by atoms with Crippen molar-refractivity contribution in [1.82, 2.24) is 4.90 Å². The molecule has 0 aliphatic heterocycles. The summed E-state index contributed by atoms with van der Waals surface area (Å²) < 4.78 is 12.8. The van der Waals surface area contributed by atoms with Crippen LogP contribution < -0.4 is 5.73 Å². The van der Waals surface area contributed by atoms with Gasteiger partial charge in [0, 0.05) is 13.1 Å². The van der Waals surface area contributed by atoms with Gasteiger partial charge in [-0.1, -0.05) is 24.4 Å². The molecule has 0 bridgehead atoms. The first-order valence-electron chi connectivity index (χ1n) is 4.29. The van der Waals surface area contributed by atoms with Crippen LogP contribution in [0.15, 0.2) is 24.3 Å². The lowest BCUT2D eigenvalue weighted by Gasteiger charge is -2.15. The molecule has 0 aliphatic carbocycles. The normalized spacial score (nSPS) is 10.5. The molecular weight excluding hydrogens is 199 g/mol. The van der Waals surface area contributed by atoms with Crippen molar-refractivity contribution in [3.05, 3.63) is 35.6 Å². The molecule has 0 saturated heterocycles. The van der Waals surface area contributed by atoms with Crippen LogP contribution in [0.2, 0.25) is 0 Å². The standard InChI is InChI=1S/C10H13FN2S/c1-13(7-10(12)14)6-8-3-2-4-9(11)5-8/h2-5H,6-7H2,1H3,(H2,12,14). The lowest BCUT2D eigenvalue weighted by molar-refractivity contribution is 0.374. The predicted octanol–water partition coefficient (Wildman–Crippen LogP) is 1.54. The number of nitrogens with two attached hydrogens (primary N) is 1. The molecule has 0 fully saturated rings. The Balaban J connectivity index is 2.55. The van der Waals surface area contributed by atoms with Crippen molar-refractivity contribution < 1.29 is 4.39 Å². The van der Waals surface area contributed by atoms with Crippen LogP contribution in [-0.4, -0.2) is 23.5 Å². The predicted molar refractivity (Wildman–Crippen MR) is 59.5 cm³/mol. The molecule has 0 unspecified atom stereocenters. The maximum absolute atomic E-state index is 12.8. The summed E-state index contributed by atoms with van der Waals surface area (Å²) in [7, 11) is 1.89. The molecule has 2 nitrogen and oxygen atoms in total. The number of rotatable bonds is 4. The molecule has 0 heterocycles. The van der Waals surface area contributed by atoms with Gasteiger partial charge in [0.2, 0.25) is 0 Å². The Kier molecular flexibility index (Phi) is 3.98. The Morgan fingerprint density at radius 3 is 2.86 bits per heavy atom. The van der Waals surface area contributed by atoms with Gasteiger partial charge in [0.15, 0.2) is 0 Å². The van der Waals surface area contributed by atoms with Gasteiger partial charge in [-0.15, -0.1) is 0 Å². The van der Waals surface area contributed by atoms with Crippen molar-refractivity contribution in [1.29, 1.82) is 0 Å². The second-order valence-corrected chi connectivity index (χ2v) is 3.79. The molecule has 0 aliphatic rings. The summed E-state index contributed by atoms with van der Waals surface area (Å²) in [5, 5.41) is 0. The quantitative estimate of drug-likeness (QED) is 0.768. The zero-order valence-electron chi connectivity index (χ0n) is 8.03. The van der Waals surface area contributed by atoms with Gasteiger partial charge in [-0.05, 0) is 24.7 Å². The Hall–Kier alpha value is -1.00. The van der Waals surface area contributed by atoms with E-state index in [2.05, 4.69) is 0 Å². The van der Waals surface area contributed by atoms with Crippen molar-refractivity contribution in [3.63, 3.8) is 0 Å². The molecular formula is C10H13FN2S. The number of likely N-dealkylation sites (N-methyl/N-ethyl adjacent to an activating group) is 1. The zero-order chi connectivity index (χ0) is 10.6. The van der Waals surface area contributed by atoms with Gasteiger partial charge in [-0.3, -0.25) is 4.90 Å². The highest BCUT2D eigenvalue weighted by molar-refractivity contribution is 7.80. The molecule has 0 aromatic heterocycles. The van der Waals surface area contributed by atoms with E-state index in [4.69, 9.17) is 18.0 Å². The van der Waals surface area contributed by atoms with Crippen LogP contribution >= 0.6 is 12.2 Å². The molecule has 4 heteroatoms. The summed E-state index contributed by atoms with van der Waals surface area (Å²) in [6.07, 6.45) is 0. The fourth-order valence-corrected chi connectivity index (χ4v) is 1.49. The lowest BCUT2D eigenvalue weighted by Crippen LogP contribution is -2.28. The molecule has 1 aromatic rings. The summed E-state index contributed by atoms with van der Waals surface area (Å²) in [4.78, 5) is 2.39. The average Bonchev–Trinajstić information content (AvgIpc) is 2.01. The Labute approximate surface area is 88.5 Å². The minimum atomic E-state index is -0.216. The van der Waals surface area contributed by atoms with Crippen LogP contribution in [0.1, 0.15) is 5.56 Å². The van der Waals surface area contributed by atoms with Crippen molar-refractivity contribution in [3.8, 4) is 0 Å². The van der Waals surface area contributed by atoms with E-state index < -0.39 is 0 Å². The Morgan fingerprint density at radius 1 is 1.57 bits per heavy atom. The monoisotopic (exact) mass is 212 g/mol. The first-order valence-corrected chi connectivity index (χ1v) is 4.70. The summed E-state index contributed by atoms with van der Waals surface area (Å²) in [5.41, 5.74) is 6.31. The van der Waals surface area contributed by atoms with Gasteiger partial charge in [-0.2, -0.15) is 0 Å². The van der Waals surface area contributed by atoms with Crippen LogP contribution in [0.25, 0.3) is 0 Å². The molecule has 2 N–H and O–H groups in total. The van der Waals surface area contributed by atoms with Crippen molar-refractivity contribution in [2.45, 2.75) is 6.54 Å². The SMILES string of the molecule is CN(CC(N)=S)Cc1cccc(F)c1. The first kappa shape index (κ1) is 11.1. The number of hydrogen-bond acceptors (Lipinski definition) is 2. The highest BCUT2D eigenvalue weighted by Crippen LogP contribution is 2.05. The largest absolute Gasteiger partial charge is 0.392 e. The van der Waals surface area contributed by atoms with E-state index in [-0.39, 0.29) is 5.82 Å². The summed E-state index contributed by atoms with van der Waals surface area (Å²) in [6.45, 7) is 1.20. The topological polar surface area (TPSA) is 29.3 Å². The average molecular weight is 212 g/mol. The minimum Gasteiger partial charge on any atom is -0.392 e. The molecule has 0 atom stereocenters. The molecule has 1 aromatic carbocycles. The van der Waals surface area contributed by atoms with Crippen LogP contribution in [-0.2, 0) is 6.54 Å². The molecule has 14 heavy (non-hydrogen) atoms. The van der Waals surface area contributed by atoms with E-state index in [1.165, 1.54) is 12.1 Å². The number of benzene rings is 1. The van der Waals surface area contributed by atoms with Crippen LogP contribution in [0, 0.1) is 5.82 Å². The van der Waals surface area contributed by atoms with Gasteiger partial charge in [0.1, 0.15) is 5.82 Å². The number of thiocarbonyl (C=S) groups is 1. The number of halogens is 1. The van der Waals surface area contributed by atoms with Crippen LogP contribution in [0.4, 0.5) is 4.39 Å². The maximum atomic E-state index is 12.8. The van der Waals surface area contributed by atoms with E-state index in [0.29, 0.717) is 18.1 Å². The van der Waals surface area contributed by atoms with E-state index in [0.717, 1.165) is 5.56 Å². The third kappa shape index (κ3) is 3.81. The van der Waals surface area contributed by atoms with Crippen molar-refractivity contribution >= 4 is 17.2 Å². The molecule has 0 spiro atoms. The van der Waals surface area contributed by atoms with Gasteiger partial charge in [-0.25, -0.2) is 4.39 Å². The lowest BCUT2D eigenvalue weighted by atomic mass is 10.2. The van der Waals surface area contributed by atoms with Crippen LogP contribution in [0.3, 0.4) is 0 Å². The number of hydrogen-bond donors (Lipinski definition) is 1. The molecule has 0 saturated carbocycles. The van der Waals surface area contributed by atoms with Crippen molar-refractivity contribution in [2.75, 3.05) is 13.6 Å². The van der Waals surface area contributed by atoms with Gasteiger partial charge in [0.25, 0.3) is 0 Å². The second kappa shape index (κ2) is 5.02. The van der Waals surface area contributed by atoms with E-state index >= 15 is 0 Å². The van der Waals surface area contributed by atoms with E-state index in [1.807, 2.05) is 18.0 Å². The zero-order valence-corrected chi connectivity index (χ0v) is 8.85. The van der Waals surface area contributed by atoms with E-state index in [9.17, 15) is 4.39 Å². The molecule has 1 rings (SSSR count). The van der Waals surface area contributed by atoms with Gasteiger partial charge in [0.05, 0.1) is 4.99 Å². The summed E-state index contributed by atoms with van der Waals surface area (Å²) in [6, 6.07) is 6.51. The van der Waals surface area contributed by atoms with Gasteiger partial charge < -0.3 is 5.73 Å². The Morgan fingerprint density at radius 2 is 2.29 bits per heavy atom. The fraction of sp³-hybridized carbons (Fsp3) is 0.300. The number of nitrogens with zero attached hydrogens (tertiary/aromatic N) is 1. The smallest absolute Gasteiger partial charge is 0.123 e. The van der Waals surface area contributed by atoms with Gasteiger partial charge >= 0.3 is 0 Å². The Bertz CT molecular complexity index is 328. The summed E-state index contributed by atoms with van der Waals surface area (Å²) in [5.74, 6) is -0.216. The second-order valence-electron chi connectivity index (χ2n) is 3.27. The molecule has 0 amide bonds. The third-order valence-corrected chi connectivity index (χ3v) is 1.90. The third-order valence-electron chi connectivity index (χ3n) is 1.77. The molecule has 0 radical (unpaired) electrons. The fourth-order valence-electron chi connectivity index (χ4n) is 1.27. The molecule has 76 valence electrons. The highest BCUT2D eigenvalue weighted by atomic mass is 32.1.